The molecule has 0 aliphatic carbocycles. The summed E-state index contributed by atoms with van der Waals surface area (Å²) in [4.78, 5) is 20.1. The Morgan fingerprint density at radius 3 is 2.56 bits per heavy atom. The second kappa shape index (κ2) is 6.83. The van der Waals surface area contributed by atoms with E-state index in [1.54, 1.807) is 0 Å². The van der Waals surface area contributed by atoms with Crippen LogP contribution in [0.4, 0.5) is 11.6 Å². The molecule has 0 saturated heterocycles. The van der Waals surface area contributed by atoms with Crippen molar-refractivity contribution in [2.75, 3.05) is 43.9 Å². The molecule has 0 aliphatic rings. The number of hydrogen-bond donors (Lipinski definition) is 1. The highest BCUT2D eigenvalue weighted by Gasteiger charge is 2.13. The summed E-state index contributed by atoms with van der Waals surface area (Å²) in [6, 6.07) is 5.71. The smallest absolute Gasteiger partial charge is 0.242 e. The van der Waals surface area contributed by atoms with Crippen molar-refractivity contribution < 1.29 is 4.79 Å². The largest absolute Gasteiger partial charge is 0.373 e. The van der Waals surface area contributed by atoms with Crippen LogP contribution in [-0.2, 0) is 4.79 Å². The van der Waals surface area contributed by atoms with Crippen LogP contribution < -0.4 is 10.2 Å². The number of anilines is 2. The topological polar surface area (TPSA) is 48.5 Å². The second-order valence-corrected chi connectivity index (χ2v) is 4.05. The van der Waals surface area contributed by atoms with Gasteiger partial charge in [-0.2, -0.15) is 0 Å². The van der Waals surface area contributed by atoms with Crippen molar-refractivity contribution in [1.82, 2.24) is 9.88 Å². The van der Waals surface area contributed by atoms with E-state index in [0.717, 1.165) is 24.7 Å². The van der Waals surface area contributed by atoms with E-state index >= 15 is 0 Å². The summed E-state index contributed by atoms with van der Waals surface area (Å²) in [5.41, 5.74) is 0. The zero-order chi connectivity index (χ0) is 13.5. The fourth-order valence-electron chi connectivity index (χ4n) is 1.74. The van der Waals surface area contributed by atoms with Crippen LogP contribution in [0.3, 0.4) is 0 Å². The number of aromatic nitrogens is 1. The highest BCUT2D eigenvalue weighted by Crippen LogP contribution is 2.12. The lowest BCUT2D eigenvalue weighted by Gasteiger charge is -2.23. The fraction of sp³-hybridized carbons (Fsp3) is 0.538. The molecule has 1 amide bonds. The molecule has 1 N–H and O–H groups in total. The minimum atomic E-state index is 0.124. The highest BCUT2D eigenvalue weighted by molar-refractivity contribution is 5.81. The van der Waals surface area contributed by atoms with Crippen molar-refractivity contribution in [2.24, 2.45) is 0 Å². The molecular formula is C13H22N4O. The minimum absolute atomic E-state index is 0.124. The minimum Gasteiger partial charge on any atom is -0.373 e. The van der Waals surface area contributed by atoms with Gasteiger partial charge in [0.1, 0.15) is 11.6 Å². The molecule has 0 spiro atoms. The van der Waals surface area contributed by atoms with Crippen molar-refractivity contribution in [2.45, 2.75) is 13.8 Å². The lowest BCUT2D eigenvalue weighted by Crippen LogP contribution is -2.39. The van der Waals surface area contributed by atoms with Crippen LogP contribution in [-0.4, -0.2) is 49.5 Å². The molecule has 1 rings (SSSR count). The quantitative estimate of drug-likeness (QED) is 0.829. The van der Waals surface area contributed by atoms with Gasteiger partial charge in [0, 0.05) is 27.2 Å². The molecule has 5 nitrogen and oxygen atoms in total. The fourth-order valence-corrected chi connectivity index (χ4v) is 1.74. The third-order valence-corrected chi connectivity index (χ3v) is 2.87. The van der Waals surface area contributed by atoms with Gasteiger partial charge in [-0.3, -0.25) is 4.79 Å². The summed E-state index contributed by atoms with van der Waals surface area (Å²) in [7, 11) is 3.70. The number of nitrogens with one attached hydrogen (secondary N) is 1. The lowest BCUT2D eigenvalue weighted by atomic mass is 10.4. The third-order valence-electron chi connectivity index (χ3n) is 2.87. The van der Waals surface area contributed by atoms with Gasteiger partial charge in [0.15, 0.2) is 0 Å². The summed E-state index contributed by atoms with van der Waals surface area (Å²) in [5.74, 6) is 1.72. The summed E-state index contributed by atoms with van der Waals surface area (Å²) in [5, 5.41) is 2.99. The van der Waals surface area contributed by atoms with E-state index in [2.05, 4.69) is 10.3 Å². The molecule has 0 bridgehead atoms. The molecule has 1 aromatic heterocycles. The highest BCUT2D eigenvalue weighted by atomic mass is 16.2. The maximum atomic E-state index is 12.0. The Bertz CT molecular complexity index is 390. The van der Waals surface area contributed by atoms with Crippen molar-refractivity contribution >= 4 is 17.5 Å². The second-order valence-electron chi connectivity index (χ2n) is 4.05. The Labute approximate surface area is 109 Å². The maximum Gasteiger partial charge on any atom is 0.242 e. The van der Waals surface area contributed by atoms with Crippen LogP contribution in [0.1, 0.15) is 13.8 Å². The molecule has 0 unspecified atom stereocenters. The van der Waals surface area contributed by atoms with Gasteiger partial charge in [-0.1, -0.05) is 6.07 Å². The first-order valence-electron chi connectivity index (χ1n) is 6.26. The number of nitrogens with zero attached hydrogens (tertiary/aromatic N) is 3. The predicted molar refractivity (Wildman–Crippen MR) is 75.0 cm³/mol. The number of amides is 1. The molecule has 1 heterocycles. The van der Waals surface area contributed by atoms with Gasteiger partial charge in [-0.15, -0.1) is 0 Å². The van der Waals surface area contributed by atoms with E-state index in [1.165, 1.54) is 0 Å². The maximum absolute atomic E-state index is 12.0. The number of likely N-dealkylation sites (N-methyl/N-ethyl adjacent to an activating group) is 2. The monoisotopic (exact) mass is 250 g/mol. The third kappa shape index (κ3) is 3.61. The molecule has 0 atom stereocenters. The van der Waals surface area contributed by atoms with Crippen molar-refractivity contribution in [3.8, 4) is 0 Å². The van der Waals surface area contributed by atoms with Gasteiger partial charge in [-0.05, 0) is 26.0 Å². The molecule has 0 aliphatic heterocycles. The summed E-state index contributed by atoms with van der Waals surface area (Å²) in [6.45, 7) is 5.81. The Kier molecular flexibility index (Phi) is 5.42. The summed E-state index contributed by atoms with van der Waals surface area (Å²) < 4.78 is 0. The van der Waals surface area contributed by atoms with Crippen molar-refractivity contribution in [3.05, 3.63) is 18.2 Å². The first-order chi connectivity index (χ1) is 8.62. The van der Waals surface area contributed by atoms with Crippen molar-refractivity contribution in [1.29, 1.82) is 0 Å². The zero-order valence-corrected chi connectivity index (χ0v) is 11.6. The van der Waals surface area contributed by atoms with Crippen LogP contribution in [0.2, 0.25) is 0 Å². The first-order valence-corrected chi connectivity index (χ1v) is 6.26. The molecule has 0 saturated carbocycles. The van der Waals surface area contributed by atoms with Gasteiger partial charge in [-0.25, -0.2) is 4.98 Å². The zero-order valence-electron chi connectivity index (χ0n) is 11.6. The average Bonchev–Trinajstić information content (AvgIpc) is 2.40. The number of pyridine rings is 1. The Hall–Kier alpha value is -1.78. The molecule has 0 aromatic carbocycles. The molecule has 1 aromatic rings. The molecule has 0 radical (unpaired) electrons. The number of rotatable bonds is 6. The first kappa shape index (κ1) is 14.3. The van der Waals surface area contributed by atoms with E-state index < -0.39 is 0 Å². The molecule has 100 valence electrons. The number of carbonyl (C=O) groups excluding carboxylic acids is 1. The molecular weight excluding hydrogens is 228 g/mol. The number of carbonyl (C=O) groups is 1. The Balaban J connectivity index is 2.69. The van der Waals surface area contributed by atoms with E-state index in [4.69, 9.17) is 0 Å². The van der Waals surface area contributed by atoms with Gasteiger partial charge in [0.05, 0.1) is 6.54 Å². The summed E-state index contributed by atoms with van der Waals surface area (Å²) >= 11 is 0. The SMILES string of the molecule is CCN(CC)C(=O)CN(C)c1cccc(NC)n1. The summed E-state index contributed by atoms with van der Waals surface area (Å²) in [6.07, 6.45) is 0. The van der Waals surface area contributed by atoms with Gasteiger partial charge in [0.25, 0.3) is 0 Å². The van der Waals surface area contributed by atoms with E-state index in [0.29, 0.717) is 6.54 Å². The van der Waals surface area contributed by atoms with Crippen LogP contribution in [0.25, 0.3) is 0 Å². The van der Waals surface area contributed by atoms with Crippen LogP contribution in [0.5, 0.6) is 0 Å². The Morgan fingerprint density at radius 2 is 2.00 bits per heavy atom. The van der Waals surface area contributed by atoms with Crippen molar-refractivity contribution in [3.63, 3.8) is 0 Å². The predicted octanol–water partition coefficient (Wildman–Crippen LogP) is 1.43. The van der Waals surface area contributed by atoms with E-state index in [-0.39, 0.29) is 5.91 Å². The normalized spacial score (nSPS) is 10.0. The van der Waals surface area contributed by atoms with Gasteiger partial charge in [0.2, 0.25) is 5.91 Å². The van der Waals surface area contributed by atoms with Crippen LogP contribution >= 0.6 is 0 Å². The Morgan fingerprint density at radius 1 is 1.33 bits per heavy atom. The molecule has 5 heteroatoms. The average molecular weight is 250 g/mol. The van der Waals surface area contributed by atoms with Crippen LogP contribution in [0, 0.1) is 0 Å². The van der Waals surface area contributed by atoms with E-state index in [9.17, 15) is 4.79 Å². The van der Waals surface area contributed by atoms with Gasteiger partial charge >= 0.3 is 0 Å². The standard InChI is InChI=1S/C13H22N4O/c1-5-17(6-2)13(18)10-16(4)12-9-7-8-11(14-3)15-12/h7-9H,5-6,10H2,1-4H3,(H,14,15). The van der Waals surface area contributed by atoms with Gasteiger partial charge < -0.3 is 15.1 Å². The molecule has 18 heavy (non-hydrogen) atoms. The number of hydrogen-bond acceptors (Lipinski definition) is 4. The van der Waals surface area contributed by atoms with Crippen LogP contribution in [0.15, 0.2) is 18.2 Å². The van der Waals surface area contributed by atoms with E-state index in [1.807, 2.05) is 55.9 Å². The lowest BCUT2D eigenvalue weighted by molar-refractivity contribution is -0.129. The molecule has 0 fully saturated rings.